The van der Waals surface area contributed by atoms with Gasteiger partial charge in [0.1, 0.15) is 6.42 Å². The number of esters is 1. The van der Waals surface area contributed by atoms with Gasteiger partial charge in [-0.2, -0.15) is 0 Å². The Balaban J connectivity index is 2.52. The van der Waals surface area contributed by atoms with E-state index in [0.29, 0.717) is 4.90 Å². The van der Waals surface area contributed by atoms with Crippen LogP contribution in [0.15, 0.2) is 33.6 Å². The van der Waals surface area contributed by atoms with Gasteiger partial charge in [-0.25, -0.2) is 0 Å². The quantitative estimate of drug-likeness (QED) is 0.591. The van der Waals surface area contributed by atoms with Crippen molar-refractivity contribution < 1.29 is 18.5 Å². The fraction of sp³-hybridized carbons (Fsp3) is 0.333. The number of ether oxygens (including phenoxy) is 1. The zero-order valence-electron chi connectivity index (χ0n) is 9.85. The van der Waals surface area contributed by atoms with Gasteiger partial charge in [0.15, 0.2) is 5.78 Å². The largest absolute Gasteiger partial charge is 0.466 e. The van der Waals surface area contributed by atoms with Crippen LogP contribution in [-0.2, 0) is 25.1 Å². The van der Waals surface area contributed by atoms with E-state index in [0.717, 1.165) is 4.47 Å². The van der Waals surface area contributed by atoms with Gasteiger partial charge in [-0.05, 0) is 31.2 Å². The SMILES string of the molecule is CCOC(=O)CC(=O)CS(=O)c1ccc(Br)cc1. The van der Waals surface area contributed by atoms with Crippen molar-refractivity contribution in [3.63, 3.8) is 0 Å². The predicted octanol–water partition coefficient (Wildman–Crippen LogP) is 2.08. The Morgan fingerprint density at radius 3 is 2.44 bits per heavy atom. The standard InChI is InChI=1S/C12H13BrO4S/c1-2-17-12(15)7-10(14)8-18(16)11-5-3-9(13)4-6-11/h3-6H,2,7-8H2,1H3. The van der Waals surface area contributed by atoms with Crippen molar-refractivity contribution in [1.29, 1.82) is 0 Å². The third kappa shape index (κ3) is 5.10. The molecule has 0 N–H and O–H groups in total. The van der Waals surface area contributed by atoms with Crippen LogP contribution in [0, 0.1) is 0 Å². The molecule has 0 bridgehead atoms. The van der Waals surface area contributed by atoms with Crippen LogP contribution in [0.4, 0.5) is 0 Å². The van der Waals surface area contributed by atoms with E-state index in [1.54, 1.807) is 31.2 Å². The Kier molecular flexibility index (Phi) is 6.21. The zero-order chi connectivity index (χ0) is 13.5. The molecular formula is C12H13BrO4S. The lowest BCUT2D eigenvalue weighted by Crippen LogP contribution is -2.16. The molecule has 1 unspecified atom stereocenters. The molecule has 0 saturated carbocycles. The van der Waals surface area contributed by atoms with Crippen molar-refractivity contribution in [3.05, 3.63) is 28.7 Å². The molecule has 0 heterocycles. The van der Waals surface area contributed by atoms with Gasteiger partial charge in [0.2, 0.25) is 0 Å². The maximum atomic E-state index is 11.8. The molecule has 4 nitrogen and oxygen atoms in total. The number of benzene rings is 1. The topological polar surface area (TPSA) is 60.4 Å². The maximum Gasteiger partial charge on any atom is 0.313 e. The van der Waals surface area contributed by atoms with Crippen LogP contribution in [0.2, 0.25) is 0 Å². The Morgan fingerprint density at radius 1 is 1.28 bits per heavy atom. The minimum absolute atomic E-state index is 0.166. The molecule has 1 aromatic rings. The normalized spacial score (nSPS) is 11.9. The van der Waals surface area contributed by atoms with Gasteiger partial charge >= 0.3 is 5.97 Å². The van der Waals surface area contributed by atoms with E-state index >= 15 is 0 Å². The van der Waals surface area contributed by atoms with E-state index in [9.17, 15) is 13.8 Å². The monoisotopic (exact) mass is 332 g/mol. The molecule has 1 aromatic carbocycles. The summed E-state index contributed by atoms with van der Waals surface area (Å²) in [6.07, 6.45) is -0.323. The number of halogens is 1. The molecule has 1 atom stereocenters. The molecule has 0 aliphatic heterocycles. The molecule has 18 heavy (non-hydrogen) atoms. The van der Waals surface area contributed by atoms with E-state index in [1.165, 1.54) is 0 Å². The molecular weight excluding hydrogens is 320 g/mol. The summed E-state index contributed by atoms with van der Waals surface area (Å²) in [5.74, 6) is -1.12. The van der Waals surface area contributed by atoms with Crippen molar-refractivity contribution >= 4 is 38.5 Å². The molecule has 0 amide bonds. The lowest BCUT2D eigenvalue weighted by molar-refractivity contribution is -0.145. The van der Waals surface area contributed by atoms with Gasteiger partial charge in [-0.15, -0.1) is 0 Å². The van der Waals surface area contributed by atoms with Crippen molar-refractivity contribution in [2.45, 2.75) is 18.2 Å². The van der Waals surface area contributed by atoms with E-state index in [4.69, 9.17) is 0 Å². The van der Waals surface area contributed by atoms with Gasteiger partial charge in [0.05, 0.1) is 23.2 Å². The number of Topliss-reactive ketones (excluding diaryl/α,β-unsaturated/α-hetero) is 1. The third-order valence-corrected chi connectivity index (χ3v) is 3.93. The molecule has 6 heteroatoms. The van der Waals surface area contributed by atoms with Crippen LogP contribution in [0.1, 0.15) is 13.3 Å². The van der Waals surface area contributed by atoms with E-state index < -0.39 is 16.8 Å². The average molecular weight is 333 g/mol. The lowest BCUT2D eigenvalue weighted by Gasteiger charge is -2.02. The summed E-state index contributed by atoms with van der Waals surface area (Å²) >= 11 is 3.27. The van der Waals surface area contributed by atoms with Gasteiger partial charge in [0.25, 0.3) is 0 Å². The number of hydrogen-bond donors (Lipinski definition) is 0. The summed E-state index contributed by atoms with van der Waals surface area (Å²) in [7, 11) is -1.42. The predicted molar refractivity (Wildman–Crippen MR) is 71.7 cm³/mol. The van der Waals surface area contributed by atoms with Gasteiger partial charge in [-0.3, -0.25) is 13.8 Å². The summed E-state index contributed by atoms with van der Waals surface area (Å²) in [5, 5.41) is 0. The second-order valence-corrected chi connectivity index (χ2v) is 5.83. The smallest absolute Gasteiger partial charge is 0.313 e. The second-order valence-electron chi connectivity index (χ2n) is 3.46. The third-order valence-electron chi connectivity index (χ3n) is 2.02. The Labute approximate surface area is 116 Å². The minimum atomic E-state index is -1.42. The summed E-state index contributed by atoms with van der Waals surface area (Å²) < 4.78 is 17.4. The molecule has 1 rings (SSSR count). The van der Waals surface area contributed by atoms with Crippen molar-refractivity contribution in [2.24, 2.45) is 0 Å². The van der Waals surface area contributed by atoms with Crippen LogP contribution < -0.4 is 0 Å². The number of hydrogen-bond acceptors (Lipinski definition) is 4. The highest BCUT2D eigenvalue weighted by molar-refractivity contribution is 9.10. The molecule has 0 aromatic heterocycles. The van der Waals surface area contributed by atoms with Crippen molar-refractivity contribution in [2.75, 3.05) is 12.4 Å². The zero-order valence-corrected chi connectivity index (χ0v) is 12.3. The first-order valence-electron chi connectivity index (χ1n) is 5.34. The van der Waals surface area contributed by atoms with Crippen LogP contribution in [0.5, 0.6) is 0 Å². The maximum absolute atomic E-state index is 11.8. The van der Waals surface area contributed by atoms with E-state index in [1.807, 2.05) is 0 Å². The minimum Gasteiger partial charge on any atom is -0.466 e. The second kappa shape index (κ2) is 7.43. The van der Waals surface area contributed by atoms with Gasteiger partial charge in [-0.1, -0.05) is 15.9 Å². The molecule has 98 valence electrons. The summed E-state index contributed by atoms with van der Waals surface area (Å²) in [6.45, 7) is 1.91. The van der Waals surface area contributed by atoms with E-state index in [-0.39, 0.29) is 24.6 Å². The molecule has 0 radical (unpaired) electrons. The van der Waals surface area contributed by atoms with Crippen LogP contribution >= 0.6 is 15.9 Å². The van der Waals surface area contributed by atoms with E-state index in [2.05, 4.69) is 20.7 Å². The summed E-state index contributed by atoms with van der Waals surface area (Å²) in [5.41, 5.74) is 0. The fourth-order valence-corrected chi connectivity index (χ4v) is 2.51. The van der Waals surface area contributed by atoms with Crippen molar-refractivity contribution in [3.8, 4) is 0 Å². The number of carbonyl (C=O) groups excluding carboxylic acids is 2. The first-order valence-corrected chi connectivity index (χ1v) is 7.45. The van der Waals surface area contributed by atoms with Crippen LogP contribution in [0.3, 0.4) is 0 Å². The molecule has 0 spiro atoms. The molecule has 0 aliphatic rings. The molecule has 0 saturated heterocycles. The first kappa shape index (κ1) is 15.0. The Hall–Kier alpha value is -1.01. The Bertz CT molecular complexity index is 456. The highest BCUT2D eigenvalue weighted by Gasteiger charge is 2.14. The highest BCUT2D eigenvalue weighted by Crippen LogP contribution is 2.13. The van der Waals surface area contributed by atoms with Gasteiger partial charge < -0.3 is 4.74 Å². The number of ketones is 1. The number of rotatable bonds is 6. The lowest BCUT2D eigenvalue weighted by atomic mass is 10.3. The highest BCUT2D eigenvalue weighted by atomic mass is 79.9. The molecule has 0 aliphatic carbocycles. The first-order chi connectivity index (χ1) is 8.52. The molecule has 0 fully saturated rings. The van der Waals surface area contributed by atoms with Crippen LogP contribution in [0.25, 0.3) is 0 Å². The van der Waals surface area contributed by atoms with Crippen molar-refractivity contribution in [1.82, 2.24) is 0 Å². The van der Waals surface area contributed by atoms with Gasteiger partial charge in [0, 0.05) is 9.37 Å². The number of carbonyl (C=O) groups is 2. The summed E-state index contributed by atoms with van der Waals surface area (Å²) in [6, 6.07) is 6.86. The summed E-state index contributed by atoms with van der Waals surface area (Å²) in [4.78, 5) is 23.1. The fourth-order valence-electron chi connectivity index (χ4n) is 1.24. The average Bonchev–Trinajstić information content (AvgIpc) is 2.29. The Morgan fingerprint density at radius 2 is 1.89 bits per heavy atom. The van der Waals surface area contributed by atoms with Crippen LogP contribution in [-0.4, -0.2) is 28.3 Å².